The number of nitrogens with two attached hydrogens (primary N) is 1. The second-order valence-corrected chi connectivity index (χ2v) is 3.74. The van der Waals surface area contributed by atoms with E-state index in [0.29, 0.717) is 19.7 Å². The fourth-order valence-electron chi connectivity index (χ4n) is 1.49. The summed E-state index contributed by atoms with van der Waals surface area (Å²) in [5.41, 5.74) is 5.48. The van der Waals surface area contributed by atoms with Crippen LogP contribution < -0.4 is 11.1 Å². The van der Waals surface area contributed by atoms with Gasteiger partial charge in [0.05, 0.1) is 12.6 Å². The summed E-state index contributed by atoms with van der Waals surface area (Å²) in [7, 11) is 1.66. The van der Waals surface area contributed by atoms with Crippen molar-refractivity contribution in [1.82, 2.24) is 10.2 Å². The molecule has 0 bridgehead atoms. The molecule has 5 nitrogen and oxygen atoms in total. The number of amides is 1. The Hall–Kier alpha value is -0.650. The number of hydrogen-bond acceptors (Lipinski definition) is 4. The average Bonchev–Trinajstić information content (AvgIpc) is 2.29. The lowest BCUT2D eigenvalue weighted by molar-refractivity contribution is -0.126. The maximum atomic E-state index is 11.7. The van der Waals surface area contributed by atoms with E-state index in [4.69, 9.17) is 10.5 Å². The molecular formula is C11H25N3O2. The first-order valence-electron chi connectivity index (χ1n) is 5.88. The Bertz CT molecular complexity index is 180. The molecule has 16 heavy (non-hydrogen) atoms. The molecule has 0 aliphatic rings. The number of hydrogen-bond donors (Lipinski definition) is 2. The van der Waals surface area contributed by atoms with Crippen LogP contribution in [0.15, 0.2) is 0 Å². The summed E-state index contributed by atoms with van der Waals surface area (Å²) in [6.07, 6.45) is 0.896. The van der Waals surface area contributed by atoms with Gasteiger partial charge in [0.1, 0.15) is 0 Å². The zero-order valence-electron chi connectivity index (χ0n) is 10.7. The van der Waals surface area contributed by atoms with E-state index in [2.05, 4.69) is 10.2 Å². The topological polar surface area (TPSA) is 67.6 Å². The smallest absolute Gasteiger partial charge is 0.237 e. The van der Waals surface area contributed by atoms with E-state index >= 15 is 0 Å². The van der Waals surface area contributed by atoms with Crippen molar-refractivity contribution in [2.45, 2.75) is 26.3 Å². The van der Waals surface area contributed by atoms with Gasteiger partial charge in [-0.2, -0.15) is 0 Å². The Kier molecular flexibility index (Phi) is 9.18. The van der Waals surface area contributed by atoms with Crippen molar-refractivity contribution < 1.29 is 9.53 Å². The van der Waals surface area contributed by atoms with Crippen molar-refractivity contribution in [3.05, 3.63) is 0 Å². The van der Waals surface area contributed by atoms with Crippen LogP contribution in [0, 0.1) is 0 Å². The Labute approximate surface area is 98.3 Å². The standard InChI is InChI=1S/C11H25N3O2/c1-4-13-11(15)10(2)14(7-5-6-12)8-9-16-3/h10H,4-9,12H2,1-3H3,(H,13,15). The number of nitrogens with one attached hydrogen (secondary N) is 1. The number of nitrogens with zero attached hydrogens (tertiary/aromatic N) is 1. The summed E-state index contributed by atoms with van der Waals surface area (Å²) in [6.45, 7) is 7.37. The van der Waals surface area contributed by atoms with Crippen molar-refractivity contribution in [2.75, 3.05) is 39.9 Å². The molecule has 0 aromatic heterocycles. The molecule has 0 rings (SSSR count). The van der Waals surface area contributed by atoms with E-state index in [0.717, 1.165) is 19.5 Å². The van der Waals surface area contributed by atoms with Crippen molar-refractivity contribution in [3.8, 4) is 0 Å². The lowest BCUT2D eigenvalue weighted by atomic mass is 10.2. The van der Waals surface area contributed by atoms with E-state index in [1.54, 1.807) is 7.11 Å². The molecule has 0 spiro atoms. The highest BCUT2D eigenvalue weighted by Crippen LogP contribution is 2.00. The van der Waals surface area contributed by atoms with Gasteiger partial charge < -0.3 is 15.8 Å². The van der Waals surface area contributed by atoms with Gasteiger partial charge in [0.25, 0.3) is 0 Å². The molecule has 1 atom stereocenters. The van der Waals surface area contributed by atoms with Gasteiger partial charge in [-0.15, -0.1) is 0 Å². The lowest BCUT2D eigenvalue weighted by Crippen LogP contribution is -2.47. The summed E-state index contributed by atoms with van der Waals surface area (Å²) in [5, 5.41) is 2.83. The summed E-state index contributed by atoms with van der Waals surface area (Å²) in [6, 6.07) is -0.123. The van der Waals surface area contributed by atoms with Gasteiger partial charge in [0, 0.05) is 26.7 Å². The van der Waals surface area contributed by atoms with Crippen LogP contribution in [0.25, 0.3) is 0 Å². The minimum atomic E-state index is -0.123. The van der Waals surface area contributed by atoms with E-state index in [1.807, 2.05) is 13.8 Å². The number of carbonyl (C=O) groups excluding carboxylic acids is 1. The molecule has 0 aromatic rings. The molecule has 0 radical (unpaired) electrons. The zero-order valence-corrected chi connectivity index (χ0v) is 10.7. The average molecular weight is 231 g/mol. The number of methoxy groups -OCH3 is 1. The second-order valence-electron chi connectivity index (χ2n) is 3.74. The normalized spacial score (nSPS) is 12.8. The molecule has 3 N–H and O–H groups in total. The van der Waals surface area contributed by atoms with Crippen LogP contribution in [0.5, 0.6) is 0 Å². The first kappa shape index (κ1) is 15.3. The highest BCUT2D eigenvalue weighted by molar-refractivity contribution is 5.81. The Balaban J connectivity index is 4.17. The zero-order chi connectivity index (χ0) is 12.4. The Morgan fingerprint density at radius 2 is 2.19 bits per heavy atom. The quantitative estimate of drug-likeness (QED) is 0.577. The van der Waals surface area contributed by atoms with Crippen LogP contribution in [-0.4, -0.2) is 56.7 Å². The van der Waals surface area contributed by atoms with Crippen LogP contribution in [0.1, 0.15) is 20.3 Å². The van der Waals surface area contributed by atoms with Crippen LogP contribution in [0.2, 0.25) is 0 Å². The SMILES string of the molecule is CCNC(=O)C(C)N(CCCN)CCOC. The molecule has 0 saturated carbocycles. The van der Waals surface area contributed by atoms with Crippen LogP contribution in [-0.2, 0) is 9.53 Å². The van der Waals surface area contributed by atoms with E-state index < -0.39 is 0 Å². The first-order valence-corrected chi connectivity index (χ1v) is 5.88. The fourth-order valence-corrected chi connectivity index (χ4v) is 1.49. The van der Waals surface area contributed by atoms with Crippen molar-refractivity contribution in [1.29, 1.82) is 0 Å². The predicted octanol–water partition coefficient (Wildman–Crippen LogP) is -0.192. The highest BCUT2D eigenvalue weighted by atomic mass is 16.5. The summed E-state index contributed by atoms with van der Waals surface area (Å²) in [4.78, 5) is 13.8. The van der Waals surface area contributed by atoms with Gasteiger partial charge in [0.15, 0.2) is 0 Å². The third-order valence-electron chi connectivity index (χ3n) is 2.51. The second kappa shape index (κ2) is 9.57. The molecule has 1 unspecified atom stereocenters. The molecule has 0 aliphatic heterocycles. The molecule has 0 saturated heterocycles. The van der Waals surface area contributed by atoms with Gasteiger partial charge in [0.2, 0.25) is 5.91 Å². The molecule has 96 valence electrons. The molecule has 0 fully saturated rings. The molecule has 1 amide bonds. The minimum absolute atomic E-state index is 0.0654. The van der Waals surface area contributed by atoms with Crippen molar-refractivity contribution in [3.63, 3.8) is 0 Å². The summed E-state index contributed by atoms with van der Waals surface area (Å²) < 4.78 is 5.04. The highest BCUT2D eigenvalue weighted by Gasteiger charge is 2.19. The maximum absolute atomic E-state index is 11.7. The van der Waals surface area contributed by atoms with E-state index in [9.17, 15) is 4.79 Å². The van der Waals surface area contributed by atoms with Crippen LogP contribution in [0.3, 0.4) is 0 Å². The van der Waals surface area contributed by atoms with Gasteiger partial charge in [-0.05, 0) is 26.8 Å². The third kappa shape index (κ3) is 6.05. The molecular weight excluding hydrogens is 206 g/mol. The lowest BCUT2D eigenvalue weighted by Gasteiger charge is -2.27. The van der Waals surface area contributed by atoms with Crippen LogP contribution >= 0.6 is 0 Å². The maximum Gasteiger partial charge on any atom is 0.237 e. The number of likely N-dealkylation sites (N-methyl/N-ethyl adjacent to an activating group) is 1. The predicted molar refractivity (Wildman–Crippen MR) is 65.3 cm³/mol. The first-order chi connectivity index (χ1) is 7.67. The van der Waals surface area contributed by atoms with E-state index in [1.165, 1.54) is 0 Å². The summed E-state index contributed by atoms with van der Waals surface area (Å²) in [5.74, 6) is 0.0654. The molecule has 0 heterocycles. The largest absolute Gasteiger partial charge is 0.383 e. The number of ether oxygens (including phenoxy) is 1. The van der Waals surface area contributed by atoms with Gasteiger partial charge in [-0.1, -0.05) is 0 Å². The molecule has 0 aliphatic carbocycles. The van der Waals surface area contributed by atoms with Crippen LogP contribution in [0.4, 0.5) is 0 Å². The van der Waals surface area contributed by atoms with Crippen molar-refractivity contribution >= 4 is 5.91 Å². The third-order valence-corrected chi connectivity index (χ3v) is 2.51. The monoisotopic (exact) mass is 231 g/mol. The van der Waals surface area contributed by atoms with E-state index in [-0.39, 0.29) is 11.9 Å². The molecule has 5 heteroatoms. The number of carbonyl (C=O) groups is 1. The van der Waals surface area contributed by atoms with Crippen molar-refractivity contribution in [2.24, 2.45) is 5.73 Å². The Morgan fingerprint density at radius 3 is 2.69 bits per heavy atom. The fraction of sp³-hybridized carbons (Fsp3) is 0.909. The molecule has 0 aromatic carbocycles. The van der Waals surface area contributed by atoms with Gasteiger partial charge >= 0.3 is 0 Å². The Morgan fingerprint density at radius 1 is 1.50 bits per heavy atom. The van der Waals surface area contributed by atoms with Gasteiger partial charge in [-0.3, -0.25) is 9.69 Å². The summed E-state index contributed by atoms with van der Waals surface area (Å²) >= 11 is 0. The minimum Gasteiger partial charge on any atom is -0.383 e. The van der Waals surface area contributed by atoms with Gasteiger partial charge in [-0.25, -0.2) is 0 Å². The number of rotatable bonds is 9.